The fourth-order valence-electron chi connectivity index (χ4n) is 1.10. The molecule has 0 bridgehead atoms. The highest BCUT2D eigenvalue weighted by Gasteiger charge is 2.65. The normalized spacial score (nSPS) is 27.7. The molecule has 0 fully saturated rings. The molecule has 0 aliphatic carbocycles. The van der Waals surface area contributed by atoms with E-state index in [-0.39, 0.29) is 0 Å². The molecule has 1 aliphatic heterocycles. The minimum Gasteiger partial charge on any atom is -0.500 e. The number of carbonyl (C=O) groups is 1. The smallest absolute Gasteiger partial charge is 0.455 e. The van der Waals surface area contributed by atoms with Crippen molar-refractivity contribution in [1.29, 1.82) is 0 Å². The molecular formula is C6H7NO8. The summed E-state index contributed by atoms with van der Waals surface area (Å²) >= 11 is 0. The van der Waals surface area contributed by atoms with E-state index < -0.39 is 40.8 Å². The van der Waals surface area contributed by atoms with Gasteiger partial charge in [0.1, 0.15) is 0 Å². The van der Waals surface area contributed by atoms with Crippen LogP contribution in [0.5, 0.6) is 0 Å². The highest BCUT2D eigenvalue weighted by atomic mass is 16.7. The predicted octanol–water partition coefficient (Wildman–Crippen LogP) is -1.80. The second kappa shape index (κ2) is 3.37. The molecule has 0 amide bonds. The van der Waals surface area contributed by atoms with Crippen molar-refractivity contribution in [2.24, 2.45) is 0 Å². The van der Waals surface area contributed by atoms with E-state index in [2.05, 4.69) is 4.74 Å². The lowest BCUT2D eigenvalue weighted by atomic mass is 10.1. The first-order valence-corrected chi connectivity index (χ1v) is 3.67. The number of nitro groups is 1. The van der Waals surface area contributed by atoms with Crippen molar-refractivity contribution in [2.45, 2.75) is 11.8 Å². The van der Waals surface area contributed by atoms with Crippen molar-refractivity contribution in [3.05, 3.63) is 21.6 Å². The summed E-state index contributed by atoms with van der Waals surface area (Å²) in [6.45, 7) is -1.13. The van der Waals surface area contributed by atoms with Crippen LogP contribution in [-0.4, -0.2) is 49.8 Å². The van der Waals surface area contributed by atoms with Gasteiger partial charge >= 0.3 is 11.7 Å². The lowest BCUT2D eigenvalue weighted by molar-refractivity contribution is -0.624. The van der Waals surface area contributed by atoms with Gasteiger partial charge in [-0.25, -0.2) is 4.79 Å². The van der Waals surface area contributed by atoms with Crippen molar-refractivity contribution in [3.8, 4) is 0 Å². The minimum absolute atomic E-state index is 1.13. The molecule has 84 valence electrons. The summed E-state index contributed by atoms with van der Waals surface area (Å²) < 4.78 is 4.07. The Balaban J connectivity index is 3.28. The van der Waals surface area contributed by atoms with Gasteiger partial charge in [-0.15, -0.1) is 0 Å². The molecule has 1 rings (SSSR count). The summed E-state index contributed by atoms with van der Waals surface area (Å²) in [5.41, 5.74) is -3.03. The van der Waals surface area contributed by atoms with Crippen LogP contribution in [0.2, 0.25) is 0 Å². The van der Waals surface area contributed by atoms with Gasteiger partial charge in [0.05, 0.1) is 11.5 Å². The molecule has 0 spiro atoms. The second-order valence-electron chi connectivity index (χ2n) is 2.74. The molecule has 1 aliphatic rings. The van der Waals surface area contributed by atoms with Crippen LogP contribution in [0.1, 0.15) is 0 Å². The van der Waals surface area contributed by atoms with Crippen molar-refractivity contribution in [2.75, 3.05) is 6.61 Å². The number of esters is 1. The van der Waals surface area contributed by atoms with Crippen molar-refractivity contribution >= 4 is 5.97 Å². The maximum atomic E-state index is 10.7. The summed E-state index contributed by atoms with van der Waals surface area (Å²) in [5, 5.41) is 46.2. The van der Waals surface area contributed by atoms with E-state index in [1.165, 1.54) is 0 Å². The van der Waals surface area contributed by atoms with Gasteiger partial charge in [-0.05, 0) is 0 Å². The lowest BCUT2D eigenvalue weighted by Gasteiger charge is -2.21. The SMILES string of the molecule is O=C1O[C@@]([C@@H](O)CO)([N+](=O)[O-])C(O)=C1O. The number of ether oxygens (including phenoxy) is 1. The number of aliphatic hydroxyl groups is 4. The van der Waals surface area contributed by atoms with Gasteiger partial charge in [0.25, 0.3) is 11.5 Å². The number of nitrogens with zero attached hydrogens (tertiary/aromatic N) is 1. The van der Waals surface area contributed by atoms with Gasteiger partial charge in [0, 0.05) is 0 Å². The zero-order valence-corrected chi connectivity index (χ0v) is 7.15. The molecule has 0 aromatic rings. The molecule has 15 heavy (non-hydrogen) atoms. The second-order valence-corrected chi connectivity index (χ2v) is 2.74. The maximum Gasteiger partial charge on any atom is 0.455 e. The van der Waals surface area contributed by atoms with Crippen molar-refractivity contribution in [3.63, 3.8) is 0 Å². The number of hydrogen-bond acceptors (Lipinski definition) is 8. The van der Waals surface area contributed by atoms with Crippen LogP contribution in [0.4, 0.5) is 0 Å². The molecule has 0 radical (unpaired) electrons. The number of aliphatic hydroxyl groups excluding tert-OH is 4. The minimum atomic E-state index is -3.03. The third kappa shape index (κ3) is 1.28. The third-order valence-electron chi connectivity index (χ3n) is 1.90. The average molecular weight is 221 g/mol. The van der Waals surface area contributed by atoms with Gasteiger partial charge in [0.15, 0.2) is 6.10 Å². The summed E-state index contributed by atoms with van der Waals surface area (Å²) in [4.78, 5) is 20.0. The molecular weight excluding hydrogens is 214 g/mol. The first kappa shape index (κ1) is 11.2. The Labute approximate surface area is 82.0 Å². The maximum absolute atomic E-state index is 10.7. The van der Waals surface area contributed by atoms with Gasteiger partial charge in [-0.1, -0.05) is 0 Å². The Morgan fingerprint density at radius 2 is 2.07 bits per heavy atom. The molecule has 0 aromatic carbocycles. The Morgan fingerprint density at radius 3 is 2.33 bits per heavy atom. The van der Waals surface area contributed by atoms with E-state index in [1.54, 1.807) is 0 Å². The largest absolute Gasteiger partial charge is 0.500 e. The van der Waals surface area contributed by atoms with Gasteiger partial charge in [-0.2, -0.15) is 0 Å². The van der Waals surface area contributed by atoms with Gasteiger partial charge in [0.2, 0.25) is 0 Å². The molecule has 1 heterocycles. The molecule has 9 heteroatoms. The first-order chi connectivity index (χ1) is 6.87. The monoisotopic (exact) mass is 221 g/mol. The summed E-state index contributed by atoms with van der Waals surface area (Å²) in [6.07, 6.45) is -2.18. The average Bonchev–Trinajstić information content (AvgIpc) is 2.42. The number of cyclic esters (lactones) is 1. The summed E-state index contributed by atoms with van der Waals surface area (Å²) in [7, 11) is 0. The Morgan fingerprint density at radius 1 is 1.53 bits per heavy atom. The van der Waals surface area contributed by atoms with Gasteiger partial charge in [-0.3, -0.25) is 10.1 Å². The molecule has 0 saturated heterocycles. The Bertz CT molecular complexity index is 349. The van der Waals surface area contributed by atoms with Crippen LogP contribution in [0.3, 0.4) is 0 Å². The van der Waals surface area contributed by atoms with Crippen LogP contribution in [0, 0.1) is 10.1 Å². The standard InChI is InChI=1S/C6H7NO8/c8-1-2(9)6(7(13)14)4(11)3(10)5(12)15-6/h2,8-11H,1H2/t2-,6+/m0/s1. The van der Waals surface area contributed by atoms with Crippen LogP contribution in [0.15, 0.2) is 11.5 Å². The summed E-state index contributed by atoms with van der Waals surface area (Å²) in [6, 6.07) is 0. The fourth-order valence-corrected chi connectivity index (χ4v) is 1.10. The number of hydrogen-bond donors (Lipinski definition) is 4. The van der Waals surface area contributed by atoms with E-state index in [0.29, 0.717) is 0 Å². The molecule has 2 atom stereocenters. The molecule has 4 N–H and O–H groups in total. The Kier molecular flexibility index (Phi) is 2.51. The molecule has 9 nitrogen and oxygen atoms in total. The van der Waals surface area contributed by atoms with E-state index >= 15 is 0 Å². The van der Waals surface area contributed by atoms with Crippen LogP contribution in [-0.2, 0) is 9.53 Å². The van der Waals surface area contributed by atoms with Crippen LogP contribution in [0.25, 0.3) is 0 Å². The Hall–Kier alpha value is -1.87. The molecule has 0 aromatic heterocycles. The quantitative estimate of drug-likeness (QED) is 0.247. The zero-order chi connectivity index (χ0) is 11.8. The lowest BCUT2D eigenvalue weighted by Crippen LogP contribution is -2.53. The topological polar surface area (TPSA) is 150 Å². The predicted molar refractivity (Wildman–Crippen MR) is 41.2 cm³/mol. The van der Waals surface area contributed by atoms with Gasteiger partial charge < -0.3 is 25.2 Å². The number of carbonyl (C=O) groups excluding carboxylic acids is 1. The van der Waals surface area contributed by atoms with Crippen molar-refractivity contribution < 1.29 is 34.9 Å². The highest BCUT2D eigenvalue weighted by molar-refractivity contribution is 5.89. The van der Waals surface area contributed by atoms with Crippen molar-refractivity contribution in [1.82, 2.24) is 0 Å². The summed E-state index contributed by atoms with van der Waals surface area (Å²) in [5.74, 6) is -4.34. The number of rotatable bonds is 3. The van der Waals surface area contributed by atoms with E-state index in [1.807, 2.05) is 0 Å². The van der Waals surface area contributed by atoms with Crippen LogP contribution >= 0.6 is 0 Å². The van der Waals surface area contributed by atoms with E-state index in [9.17, 15) is 14.9 Å². The van der Waals surface area contributed by atoms with E-state index in [4.69, 9.17) is 20.4 Å². The molecule has 0 saturated carbocycles. The van der Waals surface area contributed by atoms with E-state index in [0.717, 1.165) is 0 Å². The molecule has 0 unspecified atom stereocenters. The fraction of sp³-hybridized carbons (Fsp3) is 0.500. The van der Waals surface area contributed by atoms with Crippen LogP contribution < -0.4 is 0 Å². The third-order valence-corrected chi connectivity index (χ3v) is 1.90. The zero-order valence-electron chi connectivity index (χ0n) is 7.15. The highest BCUT2D eigenvalue weighted by Crippen LogP contribution is 2.33. The first-order valence-electron chi connectivity index (χ1n) is 3.67.